The minimum Gasteiger partial charge on any atom is -0.316 e. The molecule has 0 N–H and O–H groups in total. The van der Waals surface area contributed by atoms with Crippen molar-refractivity contribution in [2.45, 2.75) is 60.4 Å². The van der Waals surface area contributed by atoms with Crippen LogP contribution < -0.4 is 0 Å². The van der Waals surface area contributed by atoms with Gasteiger partial charge in [-0.2, -0.15) is 4.31 Å². The standard InChI is InChI=1S/C23H26ClN3O2S2/c24-18-9-7-17(8-10-18)16-30-23-25-21-15-20(31(28,29)26-13-3-4-14-26)11-12-22(21)27(23)19-5-1-2-6-19/h7-12,15,19H,1-6,13-14,16H2. The van der Waals surface area contributed by atoms with Gasteiger partial charge in [-0.1, -0.05) is 48.3 Å². The van der Waals surface area contributed by atoms with E-state index in [2.05, 4.69) is 4.57 Å². The summed E-state index contributed by atoms with van der Waals surface area (Å²) in [5.74, 6) is 0.798. The van der Waals surface area contributed by atoms with Crippen LogP contribution in [-0.2, 0) is 15.8 Å². The van der Waals surface area contributed by atoms with E-state index in [1.54, 1.807) is 28.2 Å². The summed E-state index contributed by atoms with van der Waals surface area (Å²) >= 11 is 7.72. The van der Waals surface area contributed by atoms with Crippen molar-refractivity contribution in [1.29, 1.82) is 0 Å². The Balaban J connectivity index is 1.50. The van der Waals surface area contributed by atoms with Crippen LogP contribution in [0.25, 0.3) is 11.0 Å². The normalized spacial score (nSPS) is 18.4. The molecule has 0 unspecified atom stereocenters. The van der Waals surface area contributed by atoms with Gasteiger partial charge in [0.25, 0.3) is 0 Å². The van der Waals surface area contributed by atoms with Crippen molar-refractivity contribution in [2.75, 3.05) is 13.1 Å². The molecule has 1 aromatic heterocycles. The van der Waals surface area contributed by atoms with Gasteiger partial charge in [0.2, 0.25) is 10.0 Å². The number of hydrogen-bond acceptors (Lipinski definition) is 4. The molecule has 0 radical (unpaired) electrons. The maximum absolute atomic E-state index is 13.0. The Morgan fingerprint density at radius 2 is 1.71 bits per heavy atom. The smallest absolute Gasteiger partial charge is 0.243 e. The second-order valence-corrected chi connectivity index (χ2v) is 11.7. The lowest BCUT2D eigenvalue weighted by atomic mass is 10.2. The number of halogens is 1. The molecular formula is C23H26ClN3O2S2. The number of imidazole rings is 1. The summed E-state index contributed by atoms with van der Waals surface area (Å²) in [4.78, 5) is 5.26. The highest BCUT2D eigenvalue weighted by molar-refractivity contribution is 7.98. The van der Waals surface area contributed by atoms with E-state index in [9.17, 15) is 8.42 Å². The maximum Gasteiger partial charge on any atom is 0.243 e. The van der Waals surface area contributed by atoms with Gasteiger partial charge in [-0.25, -0.2) is 13.4 Å². The first-order valence-electron chi connectivity index (χ1n) is 10.9. The first kappa shape index (κ1) is 21.3. The van der Waals surface area contributed by atoms with Crippen LogP contribution in [0, 0.1) is 0 Å². The number of hydrogen-bond donors (Lipinski definition) is 0. The third-order valence-corrected chi connectivity index (χ3v) is 9.47. The average molecular weight is 476 g/mol. The van der Waals surface area contributed by atoms with Crippen molar-refractivity contribution in [3.8, 4) is 0 Å². The molecule has 0 bridgehead atoms. The molecule has 31 heavy (non-hydrogen) atoms. The topological polar surface area (TPSA) is 55.2 Å². The van der Waals surface area contributed by atoms with Crippen LogP contribution >= 0.6 is 23.4 Å². The summed E-state index contributed by atoms with van der Waals surface area (Å²) in [7, 11) is -3.45. The Morgan fingerprint density at radius 1 is 1.00 bits per heavy atom. The van der Waals surface area contributed by atoms with E-state index in [1.165, 1.54) is 18.4 Å². The van der Waals surface area contributed by atoms with Crippen LogP contribution in [0.3, 0.4) is 0 Å². The Morgan fingerprint density at radius 3 is 2.42 bits per heavy atom. The lowest BCUT2D eigenvalue weighted by molar-refractivity contribution is 0.477. The molecule has 3 aromatic rings. The minimum atomic E-state index is -3.45. The first-order valence-corrected chi connectivity index (χ1v) is 13.7. The molecule has 1 saturated heterocycles. The zero-order chi connectivity index (χ0) is 21.4. The third-order valence-electron chi connectivity index (χ3n) is 6.30. The molecule has 1 saturated carbocycles. The van der Waals surface area contributed by atoms with Crippen molar-refractivity contribution < 1.29 is 8.42 Å². The Hall–Kier alpha value is -1.54. The number of fused-ring (bicyclic) bond motifs is 1. The lowest BCUT2D eigenvalue weighted by Gasteiger charge is -2.17. The summed E-state index contributed by atoms with van der Waals surface area (Å²) in [5.41, 5.74) is 2.99. The fraction of sp³-hybridized carbons (Fsp3) is 0.435. The summed E-state index contributed by atoms with van der Waals surface area (Å²) < 4.78 is 30.0. The third kappa shape index (κ3) is 4.25. The van der Waals surface area contributed by atoms with Gasteiger partial charge in [-0.3, -0.25) is 0 Å². The van der Waals surface area contributed by atoms with Crippen LogP contribution in [0.4, 0.5) is 0 Å². The number of aromatic nitrogens is 2. The predicted molar refractivity (Wildman–Crippen MR) is 126 cm³/mol. The van der Waals surface area contributed by atoms with E-state index in [4.69, 9.17) is 16.6 Å². The Labute approximate surface area is 192 Å². The quantitative estimate of drug-likeness (QED) is 0.417. The van der Waals surface area contributed by atoms with Gasteiger partial charge < -0.3 is 4.57 Å². The van der Waals surface area contributed by atoms with Crippen molar-refractivity contribution in [2.24, 2.45) is 0 Å². The number of nitrogens with zero attached hydrogens (tertiary/aromatic N) is 3. The fourth-order valence-corrected chi connectivity index (χ4v) is 7.34. The van der Waals surface area contributed by atoms with Gasteiger partial charge in [0, 0.05) is 29.9 Å². The zero-order valence-electron chi connectivity index (χ0n) is 17.3. The van der Waals surface area contributed by atoms with Gasteiger partial charge in [-0.05, 0) is 61.6 Å². The molecule has 2 fully saturated rings. The predicted octanol–water partition coefficient (Wildman–Crippen LogP) is 5.88. The summed E-state index contributed by atoms with van der Waals surface area (Å²) in [6, 6.07) is 13.8. The largest absolute Gasteiger partial charge is 0.316 e. The van der Waals surface area contributed by atoms with Crippen LogP contribution in [0.15, 0.2) is 52.5 Å². The molecular weight excluding hydrogens is 450 g/mol. The number of thioether (sulfide) groups is 1. The van der Waals surface area contributed by atoms with Crippen molar-refractivity contribution in [3.63, 3.8) is 0 Å². The van der Waals surface area contributed by atoms with Crippen LogP contribution in [0.5, 0.6) is 0 Å². The highest BCUT2D eigenvalue weighted by atomic mass is 35.5. The van der Waals surface area contributed by atoms with E-state index in [-0.39, 0.29) is 0 Å². The van der Waals surface area contributed by atoms with E-state index in [1.807, 2.05) is 30.3 Å². The minimum absolute atomic E-state index is 0.354. The second kappa shape index (κ2) is 8.77. The van der Waals surface area contributed by atoms with E-state index < -0.39 is 10.0 Å². The van der Waals surface area contributed by atoms with Gasteiger partial charge in [0.15, 0.2) is 5.16 Å². The summed E-state index contributed by atoms with van der Waals surface area (Å²) in [6.45, 7) is 1.22. The molecule has 5 nitrogen and oxygen atoms in total. The molecule has 0 amide bonds. The van der Waals surface area contributed by atoms with Crippen molar-refractivity contribution >= 4 is 44.4 Å². The highest BCUT2D eigenvalue weighted by Crippen LogP contribution is 2.38. The number of benzene rings is 2. The van der Waals surface area contributed by atoms with Crippen LogP contribution in [0.1, 0.15) is 50.1 Å². The van der Waals surface area contributed by atoms with E-state index in [0.717, 1.165) is 52.6 Å². The molecule has 8 heteroatoms. The van der Waals surface area contributed by atoms with Gasteiger partial charge >= 0.3 is 0 Å². The number of sulfonamides is 1. The van der Waals surface area contributed by atoms with Gasteiger partial charge in [0.05, 0.1) is 15.9 Å². The molecule has 0 spiro atoms. The Kier molecular flexibility index (Phi) is 6.03. The van der Waals surface area contributed by atoms with Crippen molar-refractivity contribution in [3.05, 3.63) is 53.1 Å². The lowest BCUT2D eigenvalue weighted by Crippen LogP contribution is -2.27. The monoisotopic (exact) mass is 475 g/mol. The zero-order valence-corrected chi connectivity index (χ0v) is 19.7. The second-order valence-electron chi connectivity index (χ2n) is 8.38. The molecule has 1 aliphatic heterocycles. The molecule has 0 atom stereocenters. The summed E-state index contributed by atoms with van der Waals surface area (Å²) in [5, 5.41) is 1.70. The first-order chi connectivity index (χ1) is 15.0. The van der Waals surface area contributed by atoms with Gasteiger partial charge in [0.1, 0.15) is 0 Å². The van der Waals surface area contributed by atoms with Crippen molar-refractivity contribution in [1.82, 2.24) is 13.9 Å². The van der Waals surface area contributed by atoms with Gasteiger partial charge in [-0.15, -0.1) is 0 Å². The maximum atomic E-state index is 13.0. The van der Waals surface area contributed by atoms with E-state index in [0.29, 0.717) is 24.0 Å². The molecule has 164 valence electrons. The fourth-order valence-electron chi connectivity index (χ4n) is 4.64. The molecule has 2 aromatic carbocycles. The summed E-state index contributed by atoms with van der Waals surface area (Å²) in [6.07, 6.45) is 6.62. The van der Waals surface area contributed by atoms with Crippen LogP contribution in [0.2, 0.25) is 5.02 Å². The SMILES string of the molecule is O=S(=O)(c1ccc2c(c1)nc(SCc1ccc(Cl)cc1)n2C1CCCC1)N1CCCC1. The van der Waals surface area contributed by atoms with Crippen LogP contribution in [-0.4, -0.2) is 35.4 Å². The highest BCUT2D eigenvalue weighted by Gasteiger charge is 2.29. The average Bonchev–Trinajstić information content (AvgIpc) is 3.53. The number of rotatable bonds is 6. The molecule has 2 aliphatic rings. The molecule has 1 aliphatic carbocycles. The Bertz CT molecular complexity index is 1180. The van der Waals surface area contributed by atoms with E-state index >= 15 is 0 Å². The molecule has 5 rings (SSSR count). The molecule has 2 heterocycles.